The minimum absolute atomic E-state index is 0.327. The molecule has 1 aromatic rings. The zero-order chi connectivity index (χ0) is 14.0. The Morgan fingerprint density at radius 3 is 2.63 bits per heavy atom. The van der Waals surface area contributed by atoms with Crippen LogP contribution in [0.25, 0.3) is 0 Å². The lowest BCUT2D eigenvalue weighted by Crippen LogP contribution is -2.48. The van der Waals surface area contributed by atoms with Gasteiger partial charge in [-0.3, -0.25) is 5.32 Å². The molecule has 19 heavy (non-hydrogen) atoms. The summed E-state index contributed by atoms with van der Waals surface area (Å²) in [4.78, 5) is 12.1. The molecule has 1 aliphatic carbocycles. The molecule has 1 saturated carbocycles. The third-order valence-corrected chi connectivity index (χ3v) is 4.27. The van der Waals surface area contributed by atoms with Crippen LogP contribution in [0.4, 0.5) is 0 Å². The summed E-state index contributed by atoms with van der Waals surface area (Å²) in [6.07, 6.45) is 2.43. The summed E-state index contributed by atoms with van der Waals surface area (Å²) in [5.74, 6) is 0.332. The first-order chi connectivity index (χ1) is 8.97. The van der Waals surface area contributed by atoms with E-state index in [0.29, 0.717) is 16.0 Å². The number of methoxy groups -OCH3 is 1. The lowest BCUT2D eigenvalue weighted by molar-refractivity contribution is -0.148. The summed E-state index contributed by atoms with van der Waals surface area (Å²) in [6, 6.07) is 5.20. The molecule has 0 saturated heterocycles. The van der Waals surface area contributed by atoms with Crippen molar-refractivity contribution in [1.82, 2.24) is 5.32 Å². The number of benzene rings is 1. The van der Waals surface area contributed by atoms with E-state index in [0.717, 1.165) is 12.1 Å². The lowest BCUT2D eigenvalue weighted by Gasteiger charge is -2.29. The first-order valence-electron chi connectivity index (χ1n) is 6.26. The molecular weight excluding hydrogens is 285 g/mol. The first-order valence-corrected chi connectivity index (χ1v) is 7.02. The molecule has 1 unspecified atom stereocenters. The van der Waals surface area contributed by atoms with E-state index < -0.39 is 5.54 Å². The number of esters is 1. The van der Waals surface area contributed by atoms with Crippen molar-refractivity contribution < 1.29 is 9.53 Å². The molecule has 1 N–H and O–H groups in total. The van der Waals surface area contributed by atoms with Crippen LogP contribution < -0.4 is 5.32 Å². The maximum absolute atomic E-state index is 12.1. The Morgan fingerprint density at radius 1 is 1.42 bits per heavy atom. The maximum atomic E-state index is 12.1. The molecule has 0 aromatic heterocycles. The second-order valence-corrected chi connectivity index (χ2v) is 5.88. The smallest absolute Gasteiger partial charge is 0.330 e. The molecule has 2 rings (SSSR count). The van der Waals surface area contributed by atoms with Gasteiger partial charge in [0.05, 0.1) is 17.2 Å². The average Bonchev–Trinajstić information content (AvgIpc) is 3.22. The zero-order valence-electron chi connectivity index (χ0n) is 11.0. The number of hydrogen-bond acceptors (Lipinski definition) is 3. The van der Waals surface area contributed by atoms with Gasteiger partial charge in [0, 0.05) is 0 Å². The van der Waals surface area contributed by atoms with Crippen molar-refractivity contribution in [2.45, 2.75) is 25.3 Å². The molecule has 1 fully saturated rings. The molecule has 0 bridgehead atoms. The minimum Gasteiger partial charge on any atom is -0.467 e. The molecule has 1 atom stereocenters. The highest BCUT2D eigenvalue weighted by Gasteiger charge is 2.38. The van der Waals surface area contributed by atoms with E-state index in [1.54, 1.807) is 25.1 Å². The maximum Gasteiger partial charge on any atom is 0.330 e. The summed E-state index contributed by atoms with van der Waals surface area (Å²) in [5, 5.41) is 4.20. The van der Waals surface area contributed by atoms with Crippen molar-refractivity contribution in [3.8, 4) is 0 Å². The second-order valence-electron chi connectivity index (χ2n) is 5.07. The first kappa shape index (κ1) is 14.6. The average molecular weight is 302 g/mol. The van der Waals surface area contributed by atoms with Gasteiger partial charge in [-0.25, -0.2) is 4.79 Å². The van der Waals surface area contributed by atoms with Crippen LogP contribution in [0.5, 0.6) is 0 Å². The number of nitrogens with one attached hydrogen (secondary N) is 1. The van der Waals surface area contributed by atoms with Crippen molar-refractivity contribution in [3.63, 3.8) is 0 Å². The Kier molecular flexibility index (Phi) is 4.39. The number of rotatable bonds is 5. The fourth-order valence-corrected chi connectivity index (χ4v) is 2.27. The number of halogens is 2. The van der Waals surface area contributed by atoms with Crippen LogP contribution in [0.1, 0.15) is 25.3 Å². The Morgan fingerprint density at radius 2 is 2.11 bits per heavy atom. The van der Waals surface area contributed by atoms with Gasteiger partial charge in [0.2, 0.25) is 0 Å². The van der Waals surface area contributed by atoms with E-state index in [9.17, 15) is 4.79 Å². The molecule has 0 aliphatic heterocycles. The normalized spacial score (nSPS) is 17.9. The van der Waals surface area contributed by atoms with Gasteiger partial charge in [-0.15, -0.1) is 0 Å². The predicted octanol–water partition coefficient (Wildman–Crippen LogP) is 3.38. The summed E-state index contributed by atoms with van der Waals surface area (Å²) in [5.41, 5.74) is -0.139. The van der Waals surface area contributed by atoms with Crippen molar-refractivity contribution in [2.75, 3.05) is 13.7 Å². The van der Waals surface area contributed by atoms with E-state index in [1.165, 1.54) is 20.0 Å². The van der Waals surface area contributed by atoms with Gasteiger partial charge >= 0.3 is 5.97 Å². The summed E-state index contributed by atoms with van der Waals surface area (Å²) < 4.78 is 4.92. The van der Waals surface area contributed by atoms with Crippen molar-refractivity contribution in [3.05, 3.63) is 33.8 Å². The van der Waals surface area contributed by atoms with Crippen LogP contribution in [0.15, 0.2) is 18.2 Å². The van der Waals surface area contributed by atoms with Crippen LogP contribution in [-0.4, -0.2) is 19.6 Å². The van der Waals surface area contributed by atoms with Gasteiger partial charge < -0.3 is 4.74 Å². The Balaban J connectivity index is 2.28. The largest absolute Gasteiger partial charge is 0.467 e. The van der Waals surface area contributed by atoms with Crippen LogP contribution in [0, 0.1) is 5.92 Å². The van der Waals surface area contributed by atoms with Gasteiger partial charge in [0.1, 0.15) is 5.54 Å². The van der Waals surface area contributed by atoms with E-state index in [2.05, 4.69) is 5.32 Å². The SMILES string of the molecule is COC(=O)C(C)(NCC1CC1)c1ccc(Cl)c(Cl)c1. The Labute approximate surface area is 123 Å². The predicted molar refractivity (Wildman–Crippen MR) is 76.6 cm³/mol. The van der Waals surface area contributed by atoms with Crippen molar-refractivity contribution in [1.29, 1.82) is 0 Å². The molecule has 0 spiro atoms. The summed E-state index contributed by atoms with van der Waals surface area (Å²) in [6.45, 7) is 2.60. The topological polar surface area (TPSA) is 38.3 Å². The van der Waals surface area contributed by atoms with Gasteiger partial charge in [0.25, 0.3) is 0 Å². The second kappa shape index (κ2) is 5.70. The van der Waals surface area contributed by atoms with Crippen LogP contribution in [0.2, 0.25) is 10.0 Å². The van der Waals surface area contributed by atoms with Crippen LogP contribution >= 0.6 is 23.2 Å². The molecule has 104 valence electrons. The number of carbonyl (C=O) groups excluding carboxylic acids is 1. The molecular formula is C14H17Cl2NO2. The number of hydrogen-bond donors (Lipinski definition) is 1. The van der Waals surface area contributed by atoms with Gasteiger partial charge in [-0.1, -0.05) is 29.3 Å². The van der Waals surface area contributed by atoms with Gasteiger partial charge in [0.15, 0.2) is 0 Å². The zero-order valence-corrected chi connectivity index (χ0v) is 12.5. The standard InChI is InChI=1S/C14H17Cl2NO2/c1-14(13(18)19-2,17-8-9-3-4-9)10-5-6-11(15)12(16)7-10/h5-7,9,17H,3-4,8H2,1-2H3. The minimum atomic E-state index is -0.897. The molecule has 0 heterocycles. The summed E-state index contributed by atoms with van der Waals surface area (Å²) in [7, 11) is 1.39. The lowest BCUT2D eigenvalue weighted by atomic mass is 9.91. The van der Waals surface area contributed by atoms with Gasteiger partial charge in [-0.05, 0) is 49.9 Å². The molecule has 5 heteroatoms. The van der Waals surface area contributed by atoms with E-state index in [4.69, 9.17) is 27.9 Å². The van der Waals surface area contributed by atoms with Crippen LogP contribution in [-0.2, 0) is 15.1 Å². The molecule has 1 aliphatic rings. The molecule has 1 aromatic carbocycles. The molecule has 0 radical (unpaired) electrons. The Hall–Kier alpha value is -0.770. The fraction of sp³-hybridized carbons (Fsp3) is 0.500. The fourth-order valence-electron chi connectivity index (χ4n) is 1.97. The van der Waals surface area contributed by atoms with E-state index in [1.807, 2.05) is 0 Å². The van der Waals surface area contributed by atoms with Gasteiger partial charge in [-0.2, -0.15) is 0 Å². The highest BCUT2D eigenvalue weighted by atomic mass is 35.5. The third-order valence-electron chi connectivity index (χ3n) is 3.53. The highest BCUT2D eigenvalue weighted by Crippen LogP contribution is 2.32. The highest BCUT2D eigenvalue weighted by molar-refractivity contribution is 6.42. The van der Waals surface area contributed by atoms with Crippen LogP contribution in [0.3, 0.4) is 0 Å². The Bertz CT molecular complexity index is 488. The van der Waals surface area contributed by atoms with Crippen molar-refractivity contribution >= 4 is 29.2 Å². The quantitative estimate of drug-likeness (QED) is 0.847. The molecule has 3 nitrogen and oxygen atoms in total. The van der Waals surface area contributed by atoms with Crippen molar-refractivity contribution in [2.24, 2.45) is 5.92 Å². The summed E-state index contributed by atoms with van der Waals surface area (Å²) >= 11 is 11.9. The number of ether oxygens (including phenoxy) is 1. The monoisotopic (exact) mass is 301 g/mol. The van der Waals surface area contributed by atoms with E-state index >= 15 is 0 Å². The molecule has 0 amide bonds. The number of carbonyl (C=O) groups is 1. The van der Waals surface area contributed by atoms with E-state index in [-0.39, 0.29) is 5.97 Å². The third kappa shape index (κ3) is 3.22.